The Hall–Kier alpha value is -1.09. The Bertz CT molecular complexity index is 366. The van der Waals surface area contributed by atoms with Crippen molar-refractivity contribution in [2.75, 3.05) is 6.61 Å². The third kappa shape index (κ3) is 6.06. The van der Waals surface area contributed by atoms with Gasteiger partial charge in [0.1, 0.15) is 11.6 Å². The summed E-state index contributed by atoms with van der Waals surface area (Å²) in [7, 11) is 0. The van der Waals surface area contributed by atoms with Gasteiger partial charge in [0.25, 0.3) is 0 Å². The maximum absolute atomic E-state index is 13.7. The Balaban J connectivity index is 2.25. The van der Waals surface area contributed by atoms with Crippen molar-refractivity contribution in [3.8, 4) is 5.75 Å². The maximum Gasteiger partial charge on any atom is 0.131 e. The molecule has 1 aromatic rings. The highest BCUT2D eigenvalue weighted by molar-refractivity contribution is 5.30. The van der Waals surface area contributed by atoms with Gasteiger partial charge in [-0.15, -0.1) is 0 Å². The molecule has 2 nitrogen and oxygen atoms in total. The SMILES string of the molecule is CCCCCCCCOc1ccc([C@H](C)N)c(F)c1. The number of nitrogens with two attached hydrogens (primary N) is 1. The highest BCUT2D eigenvalue weighted by Crippen LogP contribution is 2.20. The molecule has 0 aliphatic rings. The quantitative estimate of drug-likeness (QED) is 0.664. The molecule has 0 saturated carbocycles. The van der Waals surface area contributed by atoms with Crippen LogP contribution in [0.25, 0.3) is 0 Å². The lowest BCUT2D eigenvalue weighted by Crippen LogP contribution is -2.07. The van der Waals surface area contributed by atoms with Crippen LogP contribution in [0.5, 0.6) is 5.75 Å². The summed E-state index contributed by atoms with van der Waals surface area (Å²) < 4.78 is 19.2. The standard InChI is InChI=1S/C16H26FNO/c1-3-4-5-6-7-8-11-19-14-9-10-15(13(2)18)16(17)12-14/h9-10,12-13H,3-8,11,18H2,1-2H3/t13-/m0/s1. The summed E-state index contributed by atoms with van der Waals surface area (Å²) in [6, 6.07) is 4.64. The highest BCUT2D eigenvalue weighted by Gasteiger charge is 2.07. The number of benzene rings is 1. The van der Waals surface area contributed by atoms with E-state index < -0.39 is 0 Å². The van der Waals surface area contributed by atoms with Crippen molar-refractivity contribution in [1.29, 1.82) is 0 Å². The van der Waals surface area contributed by atoms with Gasteiger partial charge in [-0.25, -0.2) is 4.39 Å². The molecule has 0 aromatic heterocycles. The van der Waals surface area contributed by atoms with Gasteiger partial charge in [-0.1, -0.05) is 45.1 Å². The molecule has 0 aliphatic carbocycles. The summed E-state index contributed by atoms with van der Waals surface area (Å²) >= 11 is 0. The van der Waals surface area contributed by atoms with Gasteiger partial charge in [0.15, 0.2) is 0 Å². The first kappa shape index (κ1) is 16.0. The van der Waals surface area contributed by atoms with Gasteiger partial charge in [0.05, 0.1) is 6.61 Å². The van der Waals surface area contributed by atoms with Crippen molar-refractivity contribution >= 4 is 0 Å². The van der Waals surface area contributed by atoms with E-state index >= 15 is 0 Å². The molecular formula is C16H26FNO. The van der Waals surface area contributed by atoms with Crippen LogP contribution in [-0.2, 0) is 0 Å². The average Bonchev–Trinajstić information content (AvgIpc) is 2.37. The van der Waals surface area contributed by atoms with E-state index in [-0.39, 0.29) is 11.9 Å². The van der Waals surface area contributed by atoms with Crippen molar-refractivity contribution < 1.29 is 9.13 Å². The van der Waals surface area contributed by atoms with E-state index in [4.69, 9.17) is 10.5 Å². The largest absolute Gasteiger partial charge is 0.493 e. The minimum absolute atomic E-state index is 0.282. The van der Waals surface area contributed by atoms with Crippen LogP contribution in [0.15, 0.2) is 18.2 Å². The van der Waals surface area contributed by atoms with Crippen LogP contribution >= 0.6 is 0 Å². The van der Waals surface area contributed by atoms with Crippen molar-refractivity contribution in [1.82, 2.24) is 0 Å². The van der Waals surface area contributed by atoms with Gasteiger partial charge in [-0.05, 0) is 19.4 Å². The summed E-state index contributed by atoms with van der Waals surface area (Å²) in [6.07, 6.45) is 7.34. The van der Waals surface area contributed by atoms with E-state index in [1.165, 1.54) is 38.2 Å². The smallest absolute Gasteiger partial charge is 0.131 e. The molecule has 1 atom stereocenters. The first-order chi connectivity index (χ1) is 9.15. The van der Waals surface area contributed by atoms with Crippen molar-refractivity contribution in [3.05, 3.63) is 29.6 Å². The van der Waals surface area contributed by atoms with Crippen LogP contribution in [0.4, 0.5) is 4.39 Å². The van der Waals surface area contributed by atoms with Crippen LogP contribution < -0.4 is 10.5 Å². The molecule has 0 unspecified atom stereocenters. The van der Waals surface area contributed by atoms with E-state index in [1.54, 1.807) is 19.1 Å². The average molecular weight is 267 g/mol. The minimum Gasteiger partial charge on any atom is -0.493 e. The first-order valence-electron chi connectivity index (χ1n) is 7.33. The van der Waals surface area contributed by atoms with Crippen LogP contribution in [0.3, 0.4) is 0 Å². The van der Waals surface area contributed by atoms with Crippen LogP contribution in [0, 0.1) is 5.82 Å². The number of hydrogen-bond donors (Lipinski definition) is 1. The Kier molecular flexibility index (Phi) is 7.49. The van der Waals surface area contributed by atoms with Crippen molar-refractivity contribution in [2.24, 2.45) is 5.73 Å². The van der Waals surface area contributed by atoms with Gasteiger partial charge >= 0.3 is 0 Å². The second-order valence-electron chi connectivity index (χ2n) is 5.09. The van der Waals surface area contributed by atoms with Crippen LogP contribution in [0.2, 0.25) is 0 Å². The number of ether oxygens (including phenoxy) is 1. The fraction of sp³-hybridized carbons (Fsp3) is 0.625. The lowest BCUT2D eigenvalue weighted by molar-refractivity contribution is 0.302. The van der Waals surface area contributed by atoms with Gasteiger partial charge in [0.2, 0.25) is 0 Å². The molecule has 0 amide bonds. The normalized spacial score (nSPS) is 12.4. The van der Waals surface area contributed by atoms with E-state index in [0.717, 1.165) is 6.42 Å². The summed E-state index contributed by atoms with van der Waals surface area (Å²) in [5.74, 6) is 0.311. The molecule has 3 heteroatoms. The second-order valence-corrected chi connectivity index (χ2v) is 5.09. The van der Waals surface area contributed by atoms with Gasteiger partial charge in [0, 0.05) is 17.7 Å². The molecule has 1 aromatic carbocycles. The lowest BCUT2D eigenvalue weighted by atomic mass is 10.1. The minimum atomic E-state index is -0.285. The molecule has 0 saturated heterocycles. The molecule has 0 heterocycles. The molecular weight excluding hydrogens is 241 g/mol. The van der Waals surface area contributed by atoms with Gasteiger partial charge in [-0.2, -0.15) is 0 Å². The first-order valence-corrected chi connectivity index (χ1v) is 7.33. The Morgan fingerprint density at radius 2 is 1.84 bits per heavy atom. The van der Waals surface area contributed by atoms with Crippen molar-refractivity contribution in [3.63, 3.8) is 0 Å². The van der Waals surface area contributed by atoms with Gasteiger partial charge in [-0.3, -0.25) is 0 Å². The Morgan fingerprint density at radius 3 is 2.47 bits per heavy atom. The van der Waals surface area contributed by atoms with Crippen LogP contribution in [0.1, 0.15) is 64.0 Å². The zero-order valence-electron chi connectivity index (χ0n) is 12.1. The zero-order chi connectivity index (χ0) is 14.1. The Morgan fingerprint density at radius 1 is 1.16 bits per heavy atom. The molecule has 2 N–H and O–H groups in total. The zero-order valence-corrected chi connectivity index (χ0v) is 12.1. The third-order valence-electron chi connectivity index (χ3n) is 3.23. The third-order valence-corrected chi connectivity index (χ3v) is 3.23. The highest BCUT2D eigenvalue weighted by atomic mass is 19.1. The van der Waals surface area contributed by atoms with Crippen molar-refractivity contribution in [2.45, 2.75) is 58.4 Å². The summed E-state index contributed by atoms with van der Waals surface area (Å²) in [5, 5.41) is 0. The molecule has 0 spiro atoms. The van der Waals surface area contributed by atoms with E-state index in [1.807, 2.05) is 0 Å². The topological polar surface area (TPSA) is 35.2 Å². The number of hydrogen-bond acceptors (Lipinski definition) is 2. The fourth-order valence-corrected chi connectivity index (χ4v) is 2.04. The molecule has 1 rings (SSSR count). The van der Waals surface area contributed by atoms with E-state index in [9.17, 15) is 4.39 Å². The molecule has 0 fully saturated rings. The number of rotatable bonds is 9. The van der Waals surface area contributed by atoms with E-state index in [2.05, 4.69) is 6.92 Å². The number of unbranched alkanes of at least 4 members (excludes halogenated alkanes) is 5. The maximum atomic E-state index is 13.7. The molecule has 19 heavy (non-hydrogen) atoms. The lowest BCUT2D eigenvalue weighted by Gasteiger charge is -2.10. The van der Waals surface area contributed by atoms with Crippen LogP contribution in [-0.4, -0.2) is 6.61 Å². The summed E-state index contributed by atoms with van der Waals surface area (Å²) in [4.78, 5) is 0. The molecule has 0 bridgehead atoms. The predicted molar refractivity (Wildman–Crippen MR) is 77.9 cm³/mol. The molecule has 108 valence electrons. The van der Waals surface area contributed by atoms with Gasteiger partial charge < -0.3 is 10.5 Å². The molecule has 0 radical (unpaired) electrons. The second kappa shape index (κ2) is 8.92. The monoisotopic (exact) mass is 267 g/mol. The van der Waals surface area contributed by atoms with E-state index in [0.29, 0.717) is 17.9 Å². The molecule has 0 aliphatic heterocycles. The summed E-state index contributed by atoms with van der Waals surface area (Å²) in [6.45, 7) is 4.64. The number of halogens is 1. The fourth-order valence-electron chi connectivity index (χ4n) is 2.04. The summed E-state index contributed by atoms with van der Waals surface area (Å²) in [5.41, 5.74) is 6.20. The Labute approximate surface area is 116 Å². The predicted octanol–water partition coefficient (Wildman–Crippen LogP) is 4.58.